The van der Waals surface area contributed by atoms with Crippen molar-refractivity contribution in [3.05, 3.63) is 10.4 Å². The molecule has 6 nitrogen and oxygen atoms in total. The summed E-state index contributed by atoms with van der Waals surface area (Å²) < 4.78 is 0. The third-order valence-electron chi connectivity index (χ3n) is 2.82. The number of amides is 2. The first-order valence-corrected chi connectivity index (χ1v) is 7.35. The second kappa shape index (κ2) is 7.14. The molecule has 0 saturated carbocycles. The van der Waals surface area contributed by atoms with Gasteiger partial charge in [-0.15, -0.1) is 11.3 Å². The number of nitrogens with zero attached hydrogens (tertiary/aromatic N) is 1. The summed E-state index contributed by atoms with van der Waals surface area (Å²) in [7, 11) is 4.86. The van der Waals surface area contributed by atoms with Gasteiger partial charge in [-0.2, -0.15) is 0 Å². The molecule has 0 aliphatic carbocycles. The van der Waals surface area contributed by atoms with Crippen LogP contribution in [0.1, 0.15) is 39.8 Å². The molecule has 0 radical (unpaired) electrons. The molecule has 112 valence electrons. The van der Waals surface area contributed by atoms with Gasteiger partial charge in [0, 0.05) is 27.7 Å². The van der Waals surface area contributed by atoms with Gasteiger partial charge in [0.25, 0.3) is 11.8 Å². The molecule has 1 aromatic rings. The van der Waals surface area contributed by atoms with Crippen LogP contribution < -0.4 is 16.4 Å². The van der Waals surface area contributed by atoms with Crippen molar-refractivity contribution in [2.75, 3.05) is 38.7 Å². The molecule has 0 aliphatic rings. The number of unbranched alkanes of at least 4 members (excludes halogenated alkanes) is 1. The van der Waals surface area contributed by atoms with Gasteiger partial charge in [0.15, 0.2) is 0 Å². The Hall–Kier alpha value is -1.76. The Morgan fingerprint density at radius 2 is 2.00 bits per heavy atom. The standard InChI is InChI=1S/C13H22N4O2S/c1-5-6-7-16-12-8(11(18)15-2)9(14)10(20-12)13(19)17(3)4/h16H,5-7,14H2,1-4H3,(H,15,18). The topological polar surface area (TPSA) is 87.5 Å². The zero-order valence-corrected chi connectivity index (χ0v) is 13.2. The Morgan fingerprint density at radius 3 is 2.50 bits per heavy atom. The summed E-state index contributed by atoms with van der Waals surface area (Å²) in [5, 5.41) is 6.40. The Kier molecular flexibility index (Phi) is 5.82. The first kappa shape index (κ1) is 16.3. The van der Waals surface area contributed by atoms with E-state index in [1.807, 2.05) is 0 Å². The number of anilines is 2. The van der Waals surface area contributed by atoms with Crippen LogP contribution in [0.15, 0.2) is 0 Å². The molecule has 0 saturated heterocycles. The number of nitrogens with two attached hydrogens (primary N) is 1. The first-order chi connectivity index (χ1) is 9.43. The molecule has 0 unspecified atom stereocenters. The van der Waals surface area contributed by atoms with Gasteiger partial charge in [0.1, 0.15) is 9.88 Å². The van der Waals surface area contributed by atoms with Crippen molar-refractivity contribution in [3.8, 4) is 0 Å². The summed E-state index contributed by atoms with van der Waals surface area (Å²) >= 11 is 1.23. The number of carbonyl (C=O) groups excluding carboxylic acids is 2. The smallest absolute Gasteiger partial charge is 0.265 e. The van der Waals surface area contributed by atoms with Crippen LogP contribution >= 0.6 is 11.3 Å². The lowest BCUT2D eigenvalue weighted by atomic mass is 10.2. The number of hydrogen-bond donors (Lipinski definition) is 3. The van der Waals surface area contributed by atoms with E-state index >= 15 is 0 Å². The average Bonchev–Trinajstić information content (AvgIpc) is 2.74. The van der Waals surface area contributed by atoms with Crippen LogP contribution in [-0.4, -0.2) is 44.4 Å². The van der Waals surface area contributed by atoms with E-state index in [9.17, 15) is 9.59 Å². The van der Waals surface area contributed by atoms with Crippen molar-refractivity contribution in [2.45, 2.75) is 19.8 Å². The minimum absolute atomic E-state index is 0.193. The molecule has 0 bridgehead atoms. The van der Waals surface area contributed by atoms with E-state index < -0.39 is 0 Å². The van der Waals surface area contributed by atoms with Gasteiger partial charge >= 0.3 is 0 Å². The van der Waals surface area contributed by atoms with Crippen molar-refractivity contribution in [1.29, 1.82) is 0 Å². The van der Waals surface area contributed by atoms with Gasteiger partial charge in [-0.3, -0.25) is 9.59 Å². The number of carbonyl (C=O) groups is 2. The summed E-state index contributed by atoms with van der Waals surface area (Å²) in [6.45, 7) is 2.83. The molecule has 2 amide bonds. The maximum Gasteiger partial charge on any atom is 0.265 e. The van der Waals surface area contributed by atoms with Gasteiger partial charge in [-0.05, 0) is 6.42 Å². The maximum atomic E-state index is 12.1. The molecule has 1 heterocycles. The minimum atomic E-state index is -0.282. The Bertz CT molecular complexity index is 497. The Morgan fingerprint density at radius 1 is 1.35 bits per heavy atom. The molecule has 0 aromatic carbocycles. The van der Waals surface area contributed by atoms with Gasteiger partial charge < -0.3 is 21.3 Å². The van der Waals surface area contributed by atoms with Crippen molar-refractivity contribution in [3.63, 3.8) is 0 Å². The maximum absolute atomic E-state index is 12.1. The van der Waals surface area contributed by atoms with E-state index in [0.717, 1.165) is 19.4 Å². The highest BCUT2D eigenvalue weighted by molar-refractivity contribution is 7.19. The van der Waals surface area contributed by atoms with Crippen LogP contribution in [0.5, 0.6) is 0 Å². The van der Waals surface area contributed by atoms with Crippen LogP contribution in [0.2, 0.25) is 0 Å². The lowest BCUT2D eigenvalue weighted by Gasteiger charge is -2.08. The van der Waals surface area contributed by atoms with Gasteiger partial charge in [-0.25, -0.2) is 0 Å². The third kappa shape index (κ3) is 3.41. The highest BCUT2D eigenvalue weighted by atomic mass is 32.1. The van der Waals surface area contributed by atoms with E-state index in [-0.39, 0.29) is 17.5 Å². The number of hydrogen-bond acceptors (Lipinski definition) is 5. The Balaban J connectivity index is 3.17. The zero-order valence-electron chi connectivity index (χ0n) is 12.4. The normalized spacial score (nSPS) is 10.2. The number of rotatable bonds is 6. The van der Waals surface area contributed by atoms with Crippen molar-refractivity contribution < 1.29 is 9.59 Å². The summed E-state index contributed by atoms with van der Waals surface area (Å²) in [5.74, 6) is -0.475. The largest absolute Gasteiger partial charge is 0.397 e. The molecule has 0 aliphatic heterocycles. The van der Waals surface area contributed by atoms with Crippen LogP contribution in [-0.2, 0) is 0 Å². The monoisotopic (exact) mass is 298 g/mol. The second-order valence-corrected chi connectivity index (χ2v) is 5.63. The van der Waals surface area contributed by atoms with E-state index in [1.54, 1.807) is 21.1 Å². The van der Waals surface area contributed by atoms with Gasteiger partial charge in [-0.1, -0.05) is 13.3 Å². The highest BCUT2D eigenvalue weighted by Crippen LogP contribution is 2.36. The van der Waals surface area contributed by atoms with E-state index in [1.165, 1.54) is 16.2 Å². The van der Waals surface area contributed by atoms with Gasteiger partial charge in [0.2, 0.25) is 0 Å². The fraction of sp³-hybridized carbons (Fsp3) is 0.538. The number of nitrogens with one attached hydrogen (secondary N) is 2. The minimum Gasteiger partial charge on any atom is -0.397 e. The first-order valence-electron chi connectivity index (χ1n) is 6.53. The molecule has 0 fully saturated rings. The lowest BCUT2D eigenvalue weighted by Crippen LogP contribution is -2.23. The molecule has 7 heteroatoms. The van der Waals surface area contributed by atoms with E-state index in [0.29, 0.717) is 15.4 Å². The molecule has 0 atom stereocenters. The molecule has 4 N–H and O–H groups in total. The van der Waals surface area contributed by atoms with E-state index in [4.69, 9.17) is 5.73 Å². The van der Waals surface area contributed by atoms with Crippen LogP contribution in [0.25, 0.3) is 0 Å². The average molecular weight is 298 g/mol. The van der Waals surface area contributed by atoms with E-state index in [2.05, 4.69) is 17.6 Å². The van der Waals surface area contributed by atoms with Crippen LogP contribution in [0, 0.1) is 0 Å². The second-order valence-electron chi connectivity index (χ2n) is 4.61. The molecule has 20 heavy (non-hydrogen) atoms. The predicted molar refractivity (Wildman–Crippen MR) is 83.5 cm³/mol. The quantitative estimate of drug-likeness (QED) is 0.696. The molecular weight excluding hydrogens is 276 g/mol. The fourth-order valence-corrected chi connectivity index (χ4v) is 2.82. The van der Waals surface area contributed by atoms with Crippen molar-refractivity contribution >= 4 is 33.8 Å². The number of thiophene rings is 1. The zero-order chi connectivity index (χ0) is 15.3. The van der Waals surface area contributed by atoms with Crippen LogP contribution in [0.4, 0.5) is 10.7 Å². The molecule has 1 rings (SSSR count). The van der Waals surface area contributed by atoms with Crippen LogP contribution in [0.3, 0.4) is 0 Å². The lowest BCUT2D eigenvalue weighted by molar-refractivity contribution is 0.0833. The highest BCUT2D eigenvalue weighted by Gasteiger charge is 2.25. The molecule has 1 aromatic heterocycles. The third-order valence-corrected chi connectivity index (χ3v) is 3.97. The van der Waals surface area contributed by atoms with Crippen molar-refractivity contribution in [1.82, 2.24) is 10.2 Å². The van der Waals surface area contributed by atoms with Crippen molar-refractivity contribution in [2.24, 2.45) is 0 Å². The Labute approximate surface area is 123 Å². The summed E-state index contributed by atoms with van der Waals surface area (Å²) in [6, 6.07) is 0. The predicted octanol–water partition coefficient (Wildman–Crippen LogP) is 1.60. The van der Waals surface area contributed by atoms with Gasteiger partial charge in [0.05, 0.1) is 11.3 Å². The SMILES string of the molecule is CCCCNc1sc(C(=O)N(C)C)c(N)c1C(=O)NC. The summed E-state index contributed by atoms with van der Waals surface area (Å²) in [6.07, 6.45) is 2.04. The summed E-state index contributed by atoms with van der Waals surface area (Å²) in [5.41, 5.74) is 6.59. The number of nitrogen functional groups attached to an aromatic ring is 1. The summed E-state index contributed by atoms with van der Waals surface area (Å²) in [4.78, 5) is 25.9. The molecule has 0 spiro atoms. The fourth-order valence-electron chi connectivity index (χ4n) is 1.66. The molecular formula is C13H22N4O2S.